The van der Waals surface area contributed by atoms with Crippen molar-refractivity contribution in [3.05, 3.63) is 40.3 Å². The van der Waals surface area contributed by atoms with Gasteiger partial charge in [0.25, 0.3) is 5.56 Å². The van der Waals surface area contributed by atoms with Crippen molar-refractivity contribution < 1.29 is 9.90 Å². The number of nitrogens with zero attached hydrogens (tertiary/aromatic N) is 1. The van der Waals surface area contributed by atoms with Gasteiger partial charge in [0.2, 0.25) is 0 Å². The molecule has 0 unspecified atom stereocenters. The van der Waals surface area contributed by atoms with Crippen LogP contribution in [0, 0.1) is 0 Å². The number of carboxylic acid groups (broad SMARTS) is 1. The highest BCUT2D eigenvalue weighted by atomic mass is 16.4. The Balaban J connectivity index is 2.95. The summed E-state index contributed by atoms with van der Waals surface area (Å²) in [5, 5.41) is 8.48. The van der Waals surface area contributed by atoms with E-state index in [1.165, 1.54) is 6.08 Å². The SMILES string of the molecule is CCCCn1cccc(/C=C/C(=O)O)c1=O. The molecule has 0 atom stereocenters. The van der Waals surface area contributed by atoms with Gasteiger partial charge in [0.1, 0.15) is 0 Å². The molecule has 86 valence electrons. The van der Waals surface area contributed by atoms with Crippen molar-refractivity contribution in [2.45, 2.75) is 26.3 Å². The van der Waals surface area contributed by atoms with Crippen LogP contribution >= 0.6 is 0 Å². The number of unbranched alkanes of at least 4 members (excludes halogenated alkanes) is 1. The molecule has 0 spiro atoms. The van der Waals surface area contributed by atoms with E-state index in [4.69, 9.17) is 5.11 Å². The Morgan fingerprint density at radius 1 is 1.56 bits per heavy atom. The zero-order valence-corrected chi connectivity index (χ0v) is 9.22. The molecule has 1 heterocycles. The van der Waals surface area contributed by atoms with Crippen LogP contribution in [0.3, 0.4) is 0 Å². The number of aryl methyl sites for hydroxylation is 1. The normalized spacial score (nSPS) is 10.8. The van der Waals surface area contributed by atoms with E-state index in [0.29, 0.717) is 12.1 Å². The molecule has 0 aliphatic carbocycles. The van der Waals surface area contributed by atoms with Gasteiger partial charge in [-0.15, -0.1) is 0 Å². The second-order valence-corrected chi connectivity index (χ2v) is 3.49. The van der Waals surface area contributed by atoms with Crippen LogP contribution in [0.5, 0.6) is 0 Å². The van der Waals surface area contributed by atoms with Crippen LogP contribution in [-0.2, 0) is 11.3 Å². The van der Waals surface area contributed by atoms with E-state index < -0.39 is 5.97 Å². The minimum absolute atomic E-state index is 0.145. The fourth-order valence-electron chi connectivity index (χ4n) is 1.35. The van der Waals surface area contributed by atoms with Gasteiger partial charge in [0.15, 0.2) is 0 Å². The molecule has 0 bridgehead atoms. The molecule has 1 aromatic heterocycles. The second kappa shape index (κ2) is 5.90. The Morgan fingerprint density at radius 2 is 2.31 bits per heavy atom. The Hall–Kier alpha value is -1.84. The Morgan fingerprint density at radius 3 is 2.94 bits per heavy atom. The Kier molecular flexibility index (Phi) is 4.51. The minimum Gasteiger partial charge on any atom is -0.478 e. The van der Waals surface area contributed by atoms with Crippen LogP contribution in [0.4, 0.5) is 0 Å². The Bertz CT molecular complexity index is 446. The lowest BCUT2D eigenvalue weighted by Gasteiger charge is -2.04. The van der Waals surface area contributed by atoms with E-state index in [0.717, 1.165) is 18.9 Å². The molecule has 0 fully saturated rings. The molecule has 1 N–H and O–H groups in total. The quantitative estimate of drug-likeness (QED) is 0.770. The first-order valence-electron chi connectivity index (χ1n) is 5.25. The summed E-state index contributed by atoms with van der Waals surface area (Å²) < 4.78 is 1.60. The number of aliphatic carboxylic acids is 1. The van der Waals surface area contributed by atoms with Crippen molar-refractivity contribution in [2.75, 3.05) is 0 Å². The minimum atomic E-state index is -1.05. The van der Waals surface area contributed by atoms with Crippen LogP contribution < -0.4 is 5.56 Å². The summed E-state index contributed by atoms with van der Waals surface area (Å²) >= 11 is 0. The smallest absolute Gasteiger partial charge is 0.328 e. The molecule has 4 nitrogen and oxygen atoms in total. The third kappa shape index (κ3) is 3.38. The van der Waals surface area contributed by atoms with Crippen LogP contribution in [0.2, 0.25) is 0 Å². The van der Waals surface area contributed by atoms with E-state index >= 15 is 0 Å². The summed E-state index contributed by atoms with van der Waals surface area (Å²) in [6.45, 7) is 2.73. The predicted molar refractivity (Wildman–Crippen MR) is 62.3 cm³/mol. The van der Waals surface area contributed by atoms with Crippen molar-refractivity contribution in [1.82, 2.24) is 4.57 Å². The summed E-state index contributed by atoms with van der Waals surface area (Å²) in [5.41, 5.74) is 0.259. The maximum absolute atomic E-state index is 11.8. The number of pyridine rings is 1. The van der Waals surface area contributed by atoms with E-state index in [1.807, 2.05) is 0 Å². The van der Waals surface area contributed by atoms with Gasteiger partial charge in [-0.1, -0.05) is 13.3 Å². The molecule has 0 radical (unpaired) electrons. The first-order chi connectivity index (χ1) is 7.65. The highest BCUT2D eigenvalue weighted by Gasteiger charge is 1.99. The van der Waals surface area contributed by atoms with Gasteiger partial charge >= 0.3 is 5.97 Å². The van der Waals surface area contributed by atoms with Crippen LogP contribution in [0.1, 0.15) is 25.3 Å². The van der Waals surface area contributed by atoms with Gasteiger partial charge in [0.05, 0.1) is 0 Å². The van der Waals surface area contributed by atoms with Crippen molar-refractivity contribution >= 4 is 12.0 Å². The maximum Gasteiger partial charge on any atom is 0.328 e. The zero-order chi connectivity index (χ0) is 12.0. The van der Waals surface area contributed by atoms with Crippen LogP contribution in [0.25, 0.3) is 6.08 Å². The number of aromatic nitrogens is 1. The van der Waals surface area contributed by atoms with Gasteiger partial charge in [-0.25, -0.2) is 4.79 Å². The van der Waals surface area contributed by atoms with Crippen molar-refractivity contribution in [2.24, 2.45) is 0 Å². The molecule has 16 heavy (non-hydrogen) atoms. The molecule has 4 heteroatoms. The van der Waals surface area contributed by atoms with E-state index in [2.05, 4.69) is 6.92 Å². The number of carboxylic acids is 1. The van der Waals surface area contributed by atoms with Gasteiger partial charge < -0.3 is 9.67 Å². The second-order valence-electron chi connectivity index (χ2n) is 3.49. The third-order valence-electron chi connectivity index (χ3n) is 2.21. The molecule has 1 rings (SSSR count). The topological polar surface area (TPSA) is 59.3 Å². The van der Waals surface area contributed by atoms with Crippen molar-refractivity contribution in [1.29, 1.82) is 0 Å². The molecular formula is C12H15NO3. The van der Waals surface area contributed by atoms with Gasteiger partial charge in [-0.2, -0.15) is 0 Å². The zero-order valence-electron chi connectivity index (χ0n) is 9.22. The molecule has 1 aromatic rings. The number of rotatable bonds is 5. The van der Waals surface area contributed by atoms with E-state index in [1.54, 1.807) is 22.9 Å². The molecule has 0 saturated heterocycles. The van der Waals surface area contributed by atoms with Crippen LogP contribution in [-0.4, -0.2) is 15.6 Å². The molecule has 0 saturated carbocycles. The van der Waals surface area contributed by atoms with Gasteiger partial charge in [-0.3, -0.25) is 4.79 Å². The molecular weight excluding hydrogens is 206 g/mol. The van der Waals surface area contributed by atoms with Crippen molar-refractivity contribution in [3.8, 4) is 0 Å². The first kappa shape index (κ1) is 12.2. The number of hydrogen-bond donors (Lipinski definition) is 1. The first-order valence-corrected chi connectivity index (χ1v) is 5.25. The fourth-order valence-corrected chi connectivity index (χ4v) is 1.35. The van der Waals surface area contributed by atoms with E-state index in [9.17, 15) is 9.59 Å². The summed E-state index contributed by atoms with van der Waals surface area (Å²) in [5.74, 6) is -1.05. The lowest BCUT2D eigenvalue weighted by atomic mass is 10.2. The largest absolute Gasteiger partial charge is 0.478 e. The van der Waals surface area contributed by atoms with Gasteiger partial charge in [0, 0.05) is 24.4 Å². The fraction of sp³-hybridized carbons (Fsp3) is 0.333. The van der Waals surface area contributed by atoms with Crippen LogP contribution in [0.15, 0.2) is 29.2 Å². The summed E-state index contributed by atoms with van der Waals surface area (Å²) in [4.78, 5) is 22.2. The lowest BCUT2D eigenvalue weighted by molar-refractivity contribution is -0.131. The third-order valence-corrected chi connectivity index (χ3v) is 2.21. The molecule has 0 aromatic carbocycles. The highest BCUT2D eigenvalue weighted by Crippen LogP contribution is 1.97. The number of carbonyl (C=O) groups is 1. The molecule has 0 aliphatic rings. The Labute approximate surface area is 93.8 Å². The molecule has 0 aliphatic heterocycles. The summed E-state index contributed by atoms with van der Waals surface area (Å²) in [6.07, 6.45) is 5.97. The maximum atomic E-state index is 11.8. The standard InChI is InChI=1S/C12H15NO3/c1-2-3-8-13-9-4-5-10(12(13)16)6-7-11(14)15/h4-7,9H,2-3,8H2,1H3,(H,14,15)/b7-6+. The lowest BCUT2D eigenvalue weighted by Crippen LogP contribution is -2.21. The highest BCUT2D eigenvalue weighted by molar-refractivity contribution is 5.85. The van der Waals surface area contributed by atoms with E-state index in [-0.39, 0.29) is 5.56 Å². The average molecular weight is 221 g/mol. The number of hydrogen-bond acceptors (Lipinski definition) is 2. The van der Waals surface area contributed by atoms with Crippen molar-refractivity contribution in [3.63, 3.8) is 0 Å². The van der Waals surface area contributed by atoms with Gasteiger partial charge in [-0.05, 0) is 24.6 Å². The summed E-state index contributed by atoms with van der Waals surface area (Å²) in [7, 11) is 0. The monoisotopic (exact) mass is 221 g/mol. The average Bonchev–Trinajstić information content (AvgIpc) is 2.26. The summed E-state index contributed by atoms with van der Waals surface area (Å²) in [6, 6.07) is 3.36. The predicted octanol–water partition coefficient (Wildman–Crippen LogP) is 1.75. The molecule has 0 amide bonds.